The Labute approximate surface area is 144 Å². The van der Waals surface area contributed by atoms with Crippen LogP contribution >= 0.6 is 11.8 Å². The van der Waals surface area contributed by atoms with Crippen LogP contribution in [0.4, 0.5) is 5.82 Å². The molecule has 1 aliphatic rings. The van der Waals surface area contributed by atoms with E-state index in [9.17, 15) is 8.42 Å². The molecule has 1 aliphatic heterocycles. The number of anilines is 1. The maximum absolute atomic E-state index is 12.5. The van der Waals surface area contributed by atoms with Gasteiger partial charge in [0.15, 0.2) is 0 Å². The van der Waals surface area contributed by atoms with Crippen molar-refractivity contribution in [2.24, 2.45) is 0 Å². The molecule has 2 heterocycles. The summed E-state index contributed by atoms with van der Waals surface area (Å²) in [5.74, 6) is 1.70. The first-order chi connectivity index (χ1) is 10.8. The Morgan fingerprint density at radius 1 is 1.22 bits per heavy atom. The second kappa shape index (κ2) is 7.85. The Kier molecular flexibility index (Phi) is 6.33. The summed E-state index contributed by atoms with van der Waals surface area (Å²) in [7, 11) is -3.38. The van der Waals surface area contributed by atoms with Gasteiger partial charge in [0.05, 0.1) is 0 Å². The molecule has 23 heavy (non-hydrogen) atoms. The van der Waals surface area contributed by atoms with Gasteiger partial charge in [-0.05, 0) is 25.0 Å². The minimum absolute atomic E-state index is 0.251. The van der Waals surface area contributed by atoms with Crippen LogP contribution < -0.4 is 5.32 Å². The van der Waals surface area contributed by atoms with Crippen molar-refractivity contribution in [3.63, 3.8) is 0 Å². The molecule has 2 rings (SSSR count). The van der Waals surface area contributed by atoms with E-state index in [1.807, 2.05) is 11.8 Å². The Morgan fingerprint density at radius 3 is 2.48 bits per heavy atom. The van der Waals surface area contributed by atoms with Crippen LogP contribution in [0.3, 0.4) is 0 Å². The molecule has 0 radical (unpaired) electrons. The zero-order valence-electron chi connectivity index (χ0n) is 14.2. The smallest absolute Gasteiger partial charge is 0.244 e. The van der Waals surface area contributed by atoms with Gasteiger partial charge in [0.25, 0.3) is 0 Å². The predicted molar refractivity (Wildman–Crippen MR) is 97.5 cm³/mol. The third kappa shape index (κ3) is 5.65. The highest BCUT2D eigenvalue weighted by Crippen LogP contribution is 2.23. The van der Waals surface area contributed by atoms with Crippen molar-refractivity contribution in [1.29, 1.82) is 0 Å². The molecular weight excluding hydrogens is 330 g/mol. The molecule has 1 saturated heterocycles. The van der Waals surface area contributed by atoms with Gasteiger partial charge in [-0.2, -0.15) is 16.1 Å². The van der Waals surface area contributed by atoms with Crippen LogP contribution in [0.1, 0.15) is 40.0 Å². The second-order valence-corrected chi connectivity index (χ2v) is 10.6. The summed E-state index contributed by atoms with van der Waals surface area (Å²) in [4.78, 5) is 4.53. The number of nitrogens with one attached hydrogen (secondary N) is 1. The molecular formula is C16H27N3O2S2. The van der Waals surface area contributed by atoms with E-state index in [0.717, 1.165) is 37.4 Å². The van der Waals surface area contributed by atoms with Crippen LogP contribution in [-0.2, 0) is 10.0 Å². The molecule has 0 amide bonds. The number of hydrogen-bond donors (Lipinski definition) is 1. The fourth-order valence-electron chi connectivity index (χ4n) is 2.43. The van der Waals surface area contributed by atoms with Gasteiger partial charge in [0.2, 0.25) is 10.0 Å². The second-order valence-electron chi connectivity index (χ2n) is 6.73. The lowest BCUT2D eigenvalue weighted by molar-refractivity contribution is 0.346. The average Bonchev–Trinajstić information content (AvgIpc) is 2.52. The maximum atomic E-state index is 12.5. The van der Waals surface area contributed by atoms with Crippen LogP contribution in [0.2, 0.25) is 0 Å². The molecule has 130 valence electrons. The maximum Gasteiger partial charge on any atom is 0.244 e. The number of nitrogens with zero attached hydrogens (tertiary/aromatic N) is 2. The molecule has 0 aliphatic carbocycles. The summed E-state index contributed by atoms with van der Waals surface area (Å²) < 4.78 is 26.9. The summed E-state index contributed by atoms with van der Waals surface area (Å²) in [6.45, 7) is 8.62. The molecule has 1 N–H and O–H groups in total. The van der Waals surface area contributed by atoms with Crippen LogP contribution in [-0.4, -0.2) is 47.8 Å². The van der Waals surface area contributed by atoms with E-state index in [1.54, 1.807) is 16.4 Å². The van der Waals surface area contributed by atoms with E-state index in [-0.39, 0.29) is 9.64 Å². The highest BCUT2D eigenvalue weighted by molar-refractivity contribution is 8.00. The molecule has 1 aromatic rings. The lowest BCUT2D eigenvalue weighted by atomic mass is 10.2. The monoisotopic (exact) mass is 357 g/mol. The zero-order chi connectivity index (χ0) is 16.9. The van der Waals surface area contributed by atoms with E-state index < -0.39 is 10.0 Å². The average molecular weight is 358 g/mol. The van der Waals surface area contributed by atoms with Crippen molar-refractivity contribution in [2.45, 2.75) is 49.7 Å². The zero-order valence-corrected chi connectivity index (χ0v) is 15.8. The number of sulfonamides is 1. The topological polar surface area (TPSA) is 62.3 Å². The molecule has 0 spiro atoms. The summed E-state index contributed by atoms with van der Waals surface area (Å²) in [6, 6.07) is 3.40. The van der Waals surface area contributed by atoms with E-state index in [2.05, 4.69) is 31.1 Å². The van der Waals surface area contributed by atoms with Crippen LogP contribution in [0.25, 0.3) is 0 Å². The molecule has 0 aromatic carbocycles. The molecule has 1 fully saturated rings. The fraction of sp³-hybridized carbons (Fsp3) is 0.688. The van der Waals surface area contributed by atoms with Gasteiger partial charge in [0, 0.05) is 36.3 Å². The summed E-state index contributed by atoms with van der Waals surface area (Å²) in [6.07, 6.45) is 4.46. The number of hydrogen-bond acceptors (Lipinski definition) is 5. The predicted octanol–water partition coefficient (Wildman–Crippen LogP) is 3.20. The normalized spacial score (nSPS) is 17.2. The molecule has 0 bridgehead atoms. The molecule has 1 aromatic heterocycles. The van der Waals surface area contributed by atoms with E-state index in [0.29, 0.717) is 13.1 Å². The van der Waals surface area contributed by atoms with Crippen molar-refractivity contribution in [3.8, 4) is 0 Å². The highest BCUT2D eigenvalue weighted by Gasteiger charge is 2.26. The highest BCUT2D eigenvalue weighted by atomic mass is 32.2. The molecule has 0 unspecified atom stereocenters. The lowest BCUT2D eigenvalue weighted by Crippen LogP contribution is -2.35. The molecule has 5 nitrogen and oxygen atoms in total. The number of pyridine rings is 1. The Hall–Kier alpha value is -0.790. The lowest BCUT2D eigenvalue weighted by Gasteiger charge is -2.25. The summed E-state index contributed by atoms with van der Waals surface area (Å²) in [5, 5.41) is 3.24. The SMILES string of the molecule is CC(C)(C)SCCNc1ccc(S(=O)(=O)N2CCCCC2)cn1. The van der Waals surface area contributed by atoms with Gasteiger partial charge >= 0.3 is 0 Å². The van der Waals surface area contributed by atoms with Crippen LogP contribution in [0.5, 0.6) is 0 Å². The van der Waals surface area contributed by atoms with Crippen LogP contribution in [0, 0.1) is 0 Å². The molecule has 7 heteroatoms. The number of rotatable bonds is 6. The number of aromatic nitrogens is 1. The summed E-state index contributed by atoms with van der Waals surface area (Å²) in [5.41, 5.74) is 0. The number of thioether (sulfide) groups is 1. The minimum atomic E-state index is -3.38. The Morgan fingerprint density at radius 2 is 1.91 bits per heavy atom. The van der Waals surface area contributed by atoms with Crippen molar-refractivity contribution in [3.05, 3.63) is 18.3 Å². The molecule has 0 atom stereocenters. The van der Waals surface area contributed by atoms with Gasteiger partial charge in [-0.25, -0.2) is 13.4 Å². The minimum Gasteiger partial charge on any atom is -0.369 e. The first-order valence-electron chi connectivity index (χ1n) is 8.13. The van der Waals surface area contributed by atoms with E-state index in [4.69, 9.17) is 0 Å². The van der Waals surface area contributed by atoms with E-state index in [1.165, 1.54) is 6.20 Å². The van der Waals surface area contributed by atoms with Gasteiger partial charge in [0.1, 0.15) is 10.7 Å². The van der Waals surface area contributed by atoms with Gasteiger partial charge < -0.3 is 5.32 Å². The molecule has 0 saturated carbocycles. The fourth-order valence-corrected chi connectivity index (χ4v) is 4.71. The first-order valence-corrected chi connectivity index (χ1v) is 10.6. The third-order valence-electron chi connectivity index (χ3n) is 3.63. The van der Waals surface area contributed by atoms with Crippen molar-refractivity contribution < 1.29 is 8.42 Å². The van der Waals surface area contributed by atoms with Gasteiger partial charge in [-0.3, -0.25) is 0 Å². The van der Waals surface area contributed by atoms with Gasteiger partial charge in [-0.1, -0.05) is 27.2 Å². The third-order valence-corrected chi connectivity index (χ3v) is 6.79. The van der Waals surface area contributed by atoms with Gasteiger partial charge in [-0.15, -0.1) is 0 Å². The summed E-state index contributed by atoms with van der Waals surface area (Å²) >= 11 is 1.89. The van der Waals surface area contributed by atoms with Crippen molar-refractivity contribution in [1.82, 2.24) is 9.29 Å². The largest absolute Gasteiger partial charge is 0.369 e. The van der Waals surface area contributed by atoms with Crippen molar-refractivity contribution in [2.75, 3.05) is 30.7 Å². The Bertz CT molecular complexity index is 589. The van der Waals surface area contributed by atoms with Crippen LogP contribution in [0.15, 0.2) is 23.2 Å². The number of piperidine rings is 1. The Balaban J connectivity index is 1.91. The standard InChI is InChI=1S/C16H27N3O2S2/c1-16(2,3)22-12-9-17-15-8-7-14(13-18-15)23(20,21)19-10-5-4-6-11-19/h7-8,13H,4-6,9-12H2,1-3H3,(H,17,18). The van der Waals surface area contributed by atoms with Crippen molar-refractivity contribution >= 4 is 27.6 Å². The first kappa shape index (κ1) is 18.5. The van der Waals surface area contributed by atoms with E-state index >= 15 is 0 Å². The quantitative estimate of drug-likeness (QED) is 0.792.